The van der Waals surface area contributed by atoms with Crippen LogP contribution in [0.4, 0.5) is 16.2 Å². The van der Waals surface area contributed by atoms with Crippen LogP contribution in [-0.2, 0) is 9.53 Å². The van der Waals surface area contributed by atoms with Crippen molar-refractivity contribution in [2.24, 2.45) is 0 Å². The van der Waals surface area contributed by atoms with Crippen LogP contribution in [0.3, 0.4) is 0 Å². The number of amides is 3. The van der Waals surface area contributed by atoms with Crippen LogP contribution in [0.15, 0.2) is 48.7 Å². The van der Waals surface area contributed by atoms with Gasteiger partial charge in [-0.25, -0.2) is 4.79 Å². The lowest BCUT2D eigenvalue weighted by atomic mass is 10.2. The molecule has 0 aliphatic heterocycles. The number of aromatic nitrogens is 1. The number of benzene rings is 1. The van der Waals surface area contributed by atoms with Crippen molar-refractivity contribution in [3.8, 4) is 0 Å². The highest BCUT2D eigenvalue weighted by Gasteiger charge is 2.16. The van der Waals surface area contributed by atoms with Crippen LogP contribution in [-0.4, -0.2) is 35.0 Å². The molecule has 0 radical (unpaired) electrons. The molecule has 0 bridgehead atoms. The Balaban J connectivity index is 1.82. The van der Waals surface area contributed by atoms with Crippen LogP contribution in [0.1, 0.15) is 31.3 Å². The first-order valence-electron chi connectivity index (χ1n) is 8.32. The van der Waals surface area contributed by atoms with E-state index in [9.17, 15) is 14.4 Å². The third kappa shape index (κ3) is 7.15. The highest BCUT2D eigenvalue weighted by molar-refractivity contribution is 6.03. The van der Waals surface area contributed by atoms with Gasteiger partial charge in [0.1, 0.15) is 17.8 Å². The van der Waals surface area contributed by atoms with Gasteiger partial charge < -0.3 is 20.7 Å². The molecule has 142 valence electrons. The molecule has 0 saturated carbocycles. The van der Waals surface area contributed by atoms with Crippen LogP contribution in [0.5, 0.6) is 0 Å². The minimum atomic E-state index is -0.662. The fourth-order valence-corrected chi connectivity index (χ4v) is 2.00. The van der Waals surface area contributed by atoms with E-state index in [1.165, 1.54) is 0 Å². The predicted octanol–water partition coefficient (Wildman–Crippen LogP) is 2.80. The molecule has 8 heteroatoms. The zero-order chi connectivity index (χ0) is 19.9. The second kappa shape index (κ2) is 8.79. The smallest absolute Gasteiger partial charge is 0.408 e. The predicted molar refractivity (Wildman–Crippen MR) is 101 cm³/mol. The summed E-state index contributed by atoms with van der Waals surface area (Å²) in [5.41, 5.74) is 0.774. The number of nitrogens with one attached hydrogen (secondary N) is 3. The number of alkyl carbamates (subject to hydrolysis) is 1. The molecule has 0 fully saturated rings. The quantitative estimate of drug-likeness (QED) is 0.750. The van der Waals surface area contributed by atoms with Gasteiger partial charge in [0.2, 0.25) is 5.91 Å². The third-order valence-corrected chi connectivity index (χ3v) is 3.12. The van der Waals surface area contributed by atoms with E-state index >= 15 is 0 Å². The van der Waals surface area contributed by atoms with Crippen molar-refractivity contribution >= 4 is 29.3 Å². The molecule has 0 atom stereocenters. The van der Waals surface area contributed by atoms with Crippen molar-refractivity contribution in [3.63, 3.8) is 0 Å². The van der Waals surface area contributed by atoms with Crippen molar-refractivity contribution in [3.05, 3.63) is 54.4 Å². The third-order valence-electron chi connectivity index (χ3n) is 3.12. The molecule has 0 unspecified atom stereocenters. The first kappa shape index (κ1) is 19.9. The minimum absolute atomic E-state index is 0.215. The number of hydrogen-bond acceptors (Lipinski definition) is 5. The topological polar surface area (TPSA) is 109 Å². The highest BCUT2D eigenvalue weighted by atomic mass is 16.6. The fraction of sp³-hybridized carbons (Fsp3) is 0.263. The van der Waals surface area contributed by atoms with Gasteiger partial charge in [0.05, 0.1) is 0 Å². The number of pyridine rings is 1. The molecule has 3 amide bonds. The average molecular weight is 370 g/mol. The van der Waals surface area contributed by atoms with Crippen LogP contribution in [0, 0.1) is 0 Å². The number of carbonyl (C=O) groups excluding carboxylic acids is 3. The summed E-state index contributed by atoms with van der Waals surface area (Å²) in [7, 11) is 0. The maximum Gasteiger partial charge on any atom is 0.408 e. The van der Waals surface area contributed by atoms with Crippen LogP contribution in [0.25, 0.3) is 0 Å². The van der Waals surface area contributed by atoms with Gasteiger partial charge in [-0.1, -0.05) is 6.07 Å². The summed E-state index contributed by atoms with van der Waals surface area (Å²) in [6, 6.07) is 11.6. The largest absolute Gasteiger partial charge is 0.444 e. The minimum Gasteiger partial charge on any atom is -0.444 e. The van der Waals surface area contributed by atoms with Crippen molar-refractivity contribution in [2.45, 2.75) is 26.4 Å². The molecule has 2 aromatic rings. The maximum absolute atomic E-state index is 12.0. The van der Waals surface area contributed by atoms with Gasteiger partial charge in [-0.3, -0.25) is 14.6 Å². The van der Waals surface area contributed by atoms with E-state index in [-0.39, 0.29) is 12.5 Å². The summed E-state index contributed by atoms with van der Waals surface area (Å²) < 4.78 is 5.05. The highest BCUT2D eigenvalue weighted by Crippen LogP contribution is 2.14. The van der Waals surface area contributed by atoms with Crippen LogP contribution < -0.4 is 16.0 Å². The van der Waals surface area contributed by atoms with Gasteiger partial charge in [0.25, 0.3) is 5.91 Å². The standard InChI is InChI=1S/C19H22N4O4/c1-19(2,3)27-18(26)21-12-16(24)22-13-7-9-14(10-8-13)23-17(25)15-6-4-5-11-20-15/h4-11H,12H2,1-3H3,(H,21,26)(H,22,24)(H,23,25). The Bertz CT molecular complexity index is 799. The molecule has 1 aromatic heterocycles. The first-order chi connectivity index (χ1) is 12.7. The normalized spacial score (nSPS) is 10.6. The summed E-state index contributed by atoms with van der Waals surface area (Å²) in [6.07, 6.45) is 0.879. The first-order valence-corrected chi connectivity index (χ1v) is 8.32. The summed E-state index contributed by atoms with van der Waals surface area (Å²) >= 11 is 0. The lowest BCUT2D eigenvalue weighted by Crippen LogP contribution is -2.37. The number of nitrogens with zero attached hydrogens (tertiary/aromatic N) is 1. The lowest BCUT2D eigenvalue weighted by molar-refractivity contribution is -0.115. The second-order valence-corrected chi connectivity index (χ2v) is 6.65. The zero-order valence-electron chi connectivity index (χ0n) is 15.4. The van der Waals surface area contributed by atoms with E-state index < -0.39 is 17.6 Å². The summed E-state index contributed by atoms with van der Waals surface area (Å²) in [6.45, 7) is 5.00. The molecule has 0 aliphatic rings. The van der Waals surface area contributed by atoms with E-state index in [1.807, 2.05) is 0 Å². The number of carbonyl (C=O) groups is 3. The van der Waals surface area contributed by atoms with Crippen molar-refractivity contribution < 1.29 is 19.1 Å². The second-order valence-electron chi connectivity index (χ2n) is 6.65. The van der Waals surface area contributed by atoms with Gasteiger partial charge in [-0.15, -0.1) is 0 Å². The van der Waals surface area contributed by atoms with Crippen LogP contribution >= 0.6 is 0 Å². The van der Waals surface area contributed by atoms with Gasteiger partial charge in [0.15, 0.2) is 0 Å². The number of ether oxygens (including phenoxy) is 1. The number of anilines is 2. The fourth-order valence-electron chi connectivity index (χ4n) is 2.00. The van der Waals surface area contributed by atoms with E-state index in [2.05, 4.69) is 20.9 Å². The van der Waals surface area contributed by atoms with Crippen molar-refractivity contribution in [1.29, 1.82) is 0 Å². The summed E-state index contributed by atoms with van der Waals surface area (Å²) in [5.74, 6) is -0.722. The van der Waals surface area contributed by atoms with Gasteiger partial charge in [0, 0.05) is 17.6 Å². The molecule has 0 spiro atoms. The molecule has 1 heterocycles. The van der Waals surface area contributed by atoms with E-state index in [1.54, 1.807) is 69.4 Å². The SMILES string of the molecule is CC(C)(C)OC(=O)NCC(=O)Nc1ccc(NC(=O)c2ccccn2)cc1. The molecule has 1 aromatic carbocycles. The molecular formula is C19H22N4O4. The van der Waals surface area contributed by atoms with Gasteiger partial charge >= 0.3 is 6.09 Å². The Labute approximate surface area is 157 Å². The summed E-state index contributed by atoms with van der Waals surface area (Å²) in [5, 5.41) is 7.73. The molecule has 0 saturated heterocycles. The summed E-state index contributed by atoms with van der Waals surface area (Å²) in [4.78, 5) is 39.4. The van der Waals surface area contributed by atoms with Gasteiger partial charge in [-0.05, 0) is 57.2 Å². The zero-order valence-corrected chi connectivity index (χ0v) is 15.4. The number of rotatable bonds is 5. The molecule has 27 heavy (non-hydrogen) atoms. The van der Waals surface area contributed by atoms with Gasteiger partial charge in [-0.2, -0.15) is 0 Å². The molecule has 2 rings (SSSR count). The Morgan fingerprint density at radius 2 is 1.59 bits per heavy atom. The molecule has 0 aliphatic carbocycles. The number of hydrogen-bond donors (Lipinski definition) is 3. The van der Waals surface area contributed by atoms with Crippen molar-refractivity contribution in [2.75, 3.05) is 17.2 Å². The van der Waals surface area contributed by atoms with E-state index in [4.69, 9.17) is 4.74 Å². The maximum atomic E-state index is 12.0. The Kier molecular flexibility index (Phi) is 6.48. The average Bonchev–Trinajstić information content (AvgIpc) is 2.61. The molecular weight excluding hydrogens is 348 g/mol. The molecule has 8 nitrogen and oxygen atoms in total. The van der Waals surface area contributed by atoms with Crippen LogP contribution in [0.2, 0.25) is 0 Å². The Morgan fingerprint density at radius 1 is 0.963 bits per heavy atom. The van der Waals surface area contributed by atoms with Crippen molar-refractivity contribution in [1.82, 2.24) is 10.3 Å². The Hall–Kier alpha value is -3.42. The van der Waals surface area contributed by atoms with E-state index in [0.29, 0.717) is 17.1 Å². The lowest BCUT2D eigenvalue weighted by Gasteiger charge is -2.19. The molecule has 3 N–H and O–H groups in total. The Morgan fingerprint density at radius 3 is 2.15 bits per heavy atom. The van der Waals surface area contributed by atoms with E-state index in [0.717, 1.165) is 0 Å². The monoisotopic (exact) mass is 370 g/mol.